The molecule has 3 heteroatoms. The first-order chi connectivity index (χ1) is 6.36. The number of hydrazine groups is 1. The lowest BCUT2D eigenvalue weighted by Crippen LogP contribution is -2.20. The Labute approximate surface area is 79.9 Å². The Morgan fingerprint density at radius 3 is 2.15 bits per heavy atom. The molecule has 0 spiro atoms. The van der Waals surface area contributed by atoms with Gasteiger partial charge in [0.15, 0.2) is 0 Å². The van der Waals surface area contributed by atoms with Gasteiger partial charge in [0.05, 0.1) is 7.11 Å². The first-order valence-electron chi connectivity index (χ1n) is 4.43. The van der Waals surface area contributed by atoms with Gasteiger partial charge in [-0.15, -0.1) is 0 Å². The van der Waals surface area contributed by atoms with Crippen LogP contribution in [0.1, 0.15) is 19.4 Å². The van der Waals surface area contributed by atoms with Crippen LogP contribution >= 0.6 is 0 Å². The minimum absolute atomic E-state index is 0.685. The lowest BCUT2D eigenvalue weighted by Gasteiger charge is -2.01. The zero-order chi connectivity index (χ0) is 10.1. The van der Waals surface area contributed by atoms with E-state index in [-0.39, 0.29) is 0 Å². The summed E-state index contributed by atoms with van der Waals surface area (Å²) in [6, 6.07) is 7.76. The van der Waals surface area contributed by atoms with E-state index in [4.69, 9.17) is 10.6 Å². The molecular formula is C10H18N2O. The van der Waals surface area contributed by atoms with Gasteiger partial charge in [0.1, 0.15) is 5.75 Å². The highest BCUT2D eigenvalue weighted by Crippen LogP contribution is 2.10. The Kier molecular flexibility index (Phi) is 6.96. The van der Waals surface area contributed by atoms with Crippen molar-refractivity contribution in [3.05, 3.63) is 29.8 Å². The third kappa shape index (κ3) is 4.50. The van der Waals surface area contributed by atoms with Gasteiger partial charge < -0.3 is 4.74 Å². The van der Waals surface area contributed by atoms with Gasteiger partial charge in [0.25, 0.3) is 0 Å². The summed E-state index contributed by atoms with van der Waals surface area (Å²) in [6.45, 7) is 4.68. The van der Waals surface area contributed by atoms with Crippen LogP contribution in [0, 0.1) is 0 Å². The molecule has 1 aromatic carbocycles. The smallest absolute Gasteiger partial charge is 0.118 e. The molecule has 0 saturated heterocycles. The van der Waals surface area contributed by atoms with Crippen LogP contribution in [-0.4, -0.2) is 7.11 Å². The molecule has 3 N–H and O–H groups in total. The average molecular weight is 182 g/mol. The number of nitrogens with one attached hydrogen (secondary N) is 1. The second-order valence-electron chi connectivity index (χ2n) is 2.23. The van der Waals surface area contributed by atoms with E-state index in [2.05, 4.69) is 5.43 Å². The molecule has 1 aromatic rings. The van der Waals surface area contributed by atoms with E-state index in [1.165, 1.54) is 0 Å². The van der Waals surface area contributed by atoms with Crippen LogP contribution < -0.4 is 16.0 Å². The number of nitrogens with two attached hydrogens (primary N) is 1. The number of methoxy groups -OCH3 is 1. The largest absolute Gasteiger partial charge is 0.497 e. The molecule has 0 bridgehead atoms. The molecular weight excluding hydrogens is 164 g/mol. The molecule has 1 rings (SSSR count). The molecule has 0 unspecified atom stereocenters. The highest BCUT2D eigenvalue weighted by atomic mass is 16.5. The highest BCUT2D eigenvalue weighted by molar-refractivity contribution is 5.26. The summed E-state index contributed by atoms with van der Waals surface area (Å²) in [5.41, 5.74) is 3.73. The van der Waals surface area contributed by atoms with Crippen LogP contribution in [0.4, 0.5) is 0 Å². The van der Waals surface area contributed by atoms with Crippen molar-refractivity contribution in [1.29, 1.82) is 0 Å². The van der Waals surface area contributed by atoms with E-state index >= 15 is 0 Å². The summed E-state index contributed by atoms with van der Waals surface area (Å²) in [5.74, 6) is 6.02. The Bertz CT molecular complexity index is 209. The highest BCUT2D eigenvalue weighted by Gasteiger charge is 1.91. The van der Waals surface area contributed by atoms with Gasteiger partial charge in [-0.3, -0.25) is 11.3 Å². The van der Waals surface area contributed by atoms with Crippen molar-refractivity contribution in [3.63, 3.8) is 0 Å². The van der Waals surface area contributed by atoms with E-state index in [0.717, 1.165) is 11.3 Å². The van der Waals surface area contributed by atoms with Gasteiger partial charge >= 0.3 is 0 Å². The van der Waals surface area contributed by atoms with E-state index in [1.54, 1.807) is 7.11 Å². The standard InChI is InChI=1S/C8H12N2O.C2H6/c1-11-8-4-2-7(3-5-8)6-10-9;1-2/h2-5,10H,6,9H2,1H3;1-2H3. The third-order valence-electron chi connectivity index (χ3n) is 1.47. The summed E-state index contributed by atoms with van der Waals surface area (Å²) in [4.78, 5) is 0. The van der Waals surface area contributed by atoms with Crippen molar-refractivity contribution in [2.45, 2.75) is 20.4 Å². The number of benzene rings is 1. The molecule has 0 atom stereocenters. The van der Waals surface area contributed by atoms with Crippen LogP contribution in [0.5, 0.6) is 5.75 Å². The molecule has 0 aliphatic carbocycles. The van der Waals surface area contributed by atoms with Gasteiger partial charge in [-0.1, -0.05) is 26.0 Å². The fraction of sp³-hybridized carbons (Fsp3) is 0.400. The zero-order valence-electron chi connectivity index (χ0n) is 8.50. The normalized spacial score (nSPS) is 8.62. The van der Waals surface area contributed by atoms with E-state index in [0.29, 0.717) is 6.54 Å². The maximum atomic E-state index is 5.15. The first kappa shape index (κ1) is 11.9. The maximum Gasteiger partial charge on any atom is 0.118 e. The molecule has 0 heterocycles. The van der Waals surface area contributed by atoms with Crippen molar-refractivity contribution in [1.82, 2.24) is 5.43 Å². The number of ether oxygens (including phenoxy) is 1. The Balaban J connectivity index is 0.000000671. The SMILES string of the molecule is CC.COc1ccc(CNN)cc1. The van der Waals surface area contributed by atoms with Crippen LogP contribution in [0.25, 0.3) is 0 Å². The summed E-state index contributed by atoms with van der Waals surface area (Å²) < 4.78 is 5.00. The zero-order valence-corrected chi connectivity index (χ0v) is 8.50. The molecule has 0 fully saturated rings. The van der Waals surface area contributed by atoms with Crippen molar-refractivity contribution in [2.75, 3.05) is 7.11 Å². The molecule has 0 aliphatic rings. The Morgan fingerprint density at radius 1 is 1.23 bits per heavy atom. The molecule has 0 amide bonds. The molecule has 3 nitrogen and oxygen atoms in total. The lowest BCUT2D eigenvalue weighted by atomic mass is 10.2. The number of hydrogen-bond donors (Lipinski definition) is 2. The molecule has 0 aromatic heterocycles. The van der Waals surface area contributed by atoms with Crippen molar-refractivity contribution < 1.29 is 4.74 Å². The third-order valence-corrected chi connectivity index (χ3v) is 1.47. The van der Waals surface area contributed by atoms with Gasteiger partial charge in [-0.25, -0.2) is 0 Å². The first-order valence-corrected chi connectivity index (χ1v) is 4.43. The summed E-state index contributed by atoms with van der Waals surface area (Å²) in [6.07, 6.45) is 0. The predicted octanol–water partition coefficient (Wildman–Crippen LogP) is 1.68. The Hall–Kier alpha value is -1.06. The predicted molar refractivity (Wildman–Crippen MR) is 55.4 cm³/mol. The quantitative estimate of drug-likeness (QED) is 0.552. The lowest BCUT2D eigenvalue weighted by molar-refractivity contribution is 0.414. The fourth-order valence-electron chi connectivity index (χ4n) is 0.861. The average Bonchev–Trinajstić information content (AvgIpc) is 2.23. The maximum absolute atomic E-state index is 5.15. The monoisotopic (exact) mass is 182 g/mol. The van der Waals surface area contributed by atoms with Gasteiger partial charge in [-0.05, 0) is 17.7 Å². The molecule has 0 saturated carbocycles. The molecule has 13 heavy (non-hydrogen) atoms. The number of rotatable bonds is 3. The van der Waals surface area contributed by atoms with E-state index < -0.39 is 0 Å². The van der Waals surface area contributed by atoms with Crippen LogP contribution in [0.15, 0.2) is 24.3 Å². The molecule has 0 radical (unpaired) electrons. The summed E-state index contributed by atoms with van der Waals surface area (Å²) >= 11 is 0. The molecule has 74 valence electrons. The minimum atomic E-state index is 0.685. The fourth-order valence-corrected chi connectivity index (χ4v) is 0.861. The van der Waals surface area contributed by atoms with Crippen LogP contribution in [0.2, 0.25) is 0 Å². The van der Waals surface area contributed by atoms with Crippen molar-refractivity contribution in [2.24, 2.45) is 5.84 Å². The van der Waals surface area contributed by atoms with Gasteiger partial charge in [0.2, 0.25) is 0 Å². The summed E-state index contributed by atoms with van der Waals surface area (Å²) in [5, 5.41) is 0. The van der Waals surface area contributed by atoms with Gasteiger partial charge in [0, 0.05) is 6.54 Å². The van der Waals surface area contributed by atoms with Crippen LogP contribution in [0.3, 0.4) is 0 Å². The van der Waals surface area contributed by atoms with Crippen molar-refractivity contribution >= 4 is 0 Å². The van der Waals surface area contributed by atoms with Crippen LogP contribution in [-0.2, 0) is 6.54 Å². The van der Waals surface area contributed by atoms with Crippen molar-refractivity contribution in [3.8, 4) is 5.75 Å². The minimum Gasteiger partial charge on any atom is -0.497 e. The van der Waals surface area contributed by atoms with Gasteiger partial charge in [-0.2, -0.15) is 0 Å². The topological polar surface area (TPSA) is 47.3 Å². The second kappa shape index (κ2) is 7.58. The number of hydrogen-bond acceptors (Lipinski definition) is 3. The van der Waals surface area contributed by atoms with E-state index in [1.807, 2.05) is 38.1 Å². The Morgan fingerprint density at radius 2 is 1.77 bits per heavy atom. The van der Waals surface area contributed by atoms with E-state index in [9.17, 15) is 0 Å². The second-order valence-corrected chi connectivity index (χ2v) is 2.23. The summed E-state index contributed by atoms with van der Waals surface area (Å²) in [7, 11) is 1.65. The molecule has 0 aliphatic heterocycles.